The number of halogens is 2. The van der Waals surface area contributed by atoms with Crippen LogP contribution in [-0.2, 0) is 10.0 Å². The first-order valence-corrected chi connectivity index (χ1v) is 10.8. The minimum Gasteiger partial charge on any atom is -0.465 e. The predicted octanol–water partition coefficient (Wildman–Crippen LogP) is 4.14. The normalized spacial score (nSPS) is 18.5. The quantitative estimate of drug-likeness (QED) is 0.727. The van der Waals surface area contributed by atoms with E-state index in [-0.39, 0.29) is 24.5 Å². The molecule has 144 valence electrons. The Kier molecular flexibility index (Phi) is 5.81. The van der Waals surface area contributed by atoms with Crippen LogP contribution in [0.2, 0.25) is 5.02 Å². The van der Waals surface area contributed by atoms with Crippen LogP contribution in [0, 0.1) is 6.92 Å². The summed E-state index contributed by atoms with van der Waals surface area (Å²) in [7, 11) is -3.86. The van der Waals surface area contributed by atoms with Gasteiger partial charge in [0.25, 0.3) is 0 Å². The number of rotatable bonds is 3. The van der Waals surface area contributed by atoms with Crippen molar-refractivity contribution in [2.45, 2.75) is 17.9 Å². The molecule has 27 heavy (non-hydrogen) atoms. The molecule has 2 aromatic rings. The van der Waals surface area contributed by atoms with Crippen LogP contribution in [0.3, 0.4) is 0 Å². The average molecular weight is 474 g/mol. The van der Waals surface area contributed by atoms with Crippen molar-refractivity contribution in [2.75, 3.05) is 19.6 Å². The lowest BCUT2D eigenvalue weighted by Crippen LogP contribution is -2.52. The van der Waals surface area contributed by atoms with Crippen molar-refractivity contribution in [3.63, 3.8) is 0 Å². The summed E-state index contributed by atoms with van der Waals surface area (Å²) in [5.74, 6) is 0. The fourth-order valence-electron chi connectivity index (χ4n) is 3.21. The molecule has 2 aromatic carbocycles. The first kappa shape index (κ1) is 20.1. The summed E-state index contributed by atoms with van der Waals surface area (Å²) in [6, 6.07) is 11.4. The molecule has 1 unspecified atom stereocenters. The summed E-state index contributed by atoms with van der Waals surface area (Å²) in [6.45, 7) is 1.90. The molecule has 0 spiro atoms. The maximum Gasteiger partial charge on any atom is 0.407 e. The van der Waals surface area contributed by atoms with Gasteiger partial charge in [-0.3, -0.25) is 0 Å². The summed E-state index contributed by atoms with van der Waals surface area (Å²) in [5.41, 5.74) is 1.20. The van der Waals surface area contributed by atoms with E-state index < -0.39 is 22.2 Å². The highest BCUT2D eigenvalue weighted by Crippen LogP contribution is 2.34. The third-order valence-electron chi connectivity index (χ3n) is 4.64. The predicted molar refractivity (Wildman–Crippen MR) is 107 cm³/mol. The zero-order valence-corrected chi connectivity index (χ0v) is 17.6. The molecule has 1 atom stereocenters. The standard InChI is InChI=1S/C18H18BrClN2O4S/c1-12-15(20)6-3-7-17(12)27(25,26)22-9-8-21(18(23)24)11-16(22)13-4-2-5-14(19)10-13/h2-7,10,16H,8-9,11H2,1H3,(H,23,24). The Hall–Kier alpha value is -1.61. The number of piperazine rings is 1. The lowest BCUT2D eigenvalue weighted by Gasteiger charge is -2.39. The first-order valence-electron chi connectivity index (χ1n) is 8.22. The minimum atomic E-state index is -3.86. The first-order chi connectivity index (χ1) is 12.7. The van der Waals surface area contributed by atoms with Crippen LogP contribution in [0.4, 0.5) is 4.79 Å². The molecule has 1 aliphatic heterocycles. The van der Waals surface area contributed by atoms with Crippen molar-refractivity contribution in [1.82, 2.24) is 9.21 Å². The third kappa shape index (κ3) is 3.99. The van der Waals surface area contributed by atoms with Gasteiger partial charge >= 0.3 is 6.09 Å². The Morgan fingerprint density at radius 3 is 2.59 bits per heavy atom. The lowest BCUT2D eigenvalue weighted by molar-refractivity contribution is 0.105. The van der Waals surface area contributed by atoms with Crippen molar-refractivity contribution in [3.8, 4) is 0 Å². The van der Waals surface area contributed by atoms with Gasteiger partial charge in [0.05, 0.1) is 10.9 Å². The molecule has 0 aromatic heterocycles. The van der Waals surface area contributed by atoms with Gasteiger partial charge < -0.3 is 10.0 Å². The Bertz CT molecular complexity index is 983. The minimum absolute atomic E-state index is 0.0601. The number of carbonyl (C=O) groups is 1. The lowest BCUT2D eigenvalue weighted by atomic mass is 10.0. The molecule has 0 saturated carbocycles. The summed E-state index contributed by atoms with van der Waals surface area (Å²) < 4.78 is 29.0. The molecule has 1 N–H and O–H groups in total. The average Bonchev–Trinajstić information content (AvgIpc) is 2.63. The number of carboxylic acid groups (broad SMARTS) is 1. The van der Waals surface area contributed by atoms with Gasteiger partial charge in [0, 0.05) is 29.1 Å². The fraction of sp³-hybridized carbons (Fsp3) is 0.278. The number of amides is 1. The van der Waals surface area contributed by atoms with Gasteiger partial charge in [-0.1, -0.05) is 45.7 Å². The highest BCUT2D eigenvalue weighted by molar-refractivity contribution is 9.10. The van der Waals surface area contributed by atoms with Gasteiger partial charge in [-0.05, 0) is 42.3 Å². The summed E-state index contributed by atoms with van der Waals surface area (Å²) >= 11 is 9.52. The topological polar surface area (TPSA) is 77.9 Å². The van der Waals surface area contributed by atoms with Gasteiger partial charge in [-0.25, -0.2) is 13.2 Å². The van der Waals surface area contributed by atoms with Crippen molar-refractivity contribution in [1.29, 1.82) is 0 Å². The summed E-state index contributed by atoms with van der Waals surface area (Å²) in [4.78, 5) is 12.8. The van der Waals surface area contributed by atoms with E-state index in [1.807, 2.05) is 12.1 Å². The number of hydrogen-bond acceptors (Lipinski definition) is 3. The van der Waals surface area contributed by atoms with Crippen LogP contribution in [0.1, 0.15) is 17.2 Å². The van der Waals surface area contributed by atoms with E-state index in [0.29, 0.717) is 10.6 Å². The Morgan fingerprint density at radius 2 is 1.93 bits per heavy atom. The molecular weight excluding hydrogens is 456 g/mol. The smallest absolute Gasteiger partial charge is 0.407 e. The number of sulfonamides is 1. The maximum absolute atomic E-state index is 13.4. The van der Waals surface area contributed by atoms with Gasteiger partial charge in [0.15, 0.2) is 0 Å². The van der Waals surface area contributed by atoms with Gasteiger partial charge in [0.2, 0.25) is 10.0 Å². The molecule has 1 amide bonds. The monoisotopic (exact) mass is 472 g/mol. The Balaban J connectivity index is 2.08. The van der Waals surface area contributed by atoms with E-state index >= 15 is 0 Å². The summed E-state index contributed by atoms with van der Waals surface area (Å²) in [6.07, 6.45) is -1.06. The molecule has 0 bridgehead atoms. The molecule has 1 saturated heterocycles. The van der Waals surface area contributed by atoms with E-state index in [2.05, 4.69) is 15.9 Å². The van der Waals surface area contributed by atoms with Crippen LogP contribution in [0.5, 0.6) is 0 Å². The highest BCUT2D eigenvalue weighted by atomic mass is 79.9. The highest BCUT2D eigenvalue weighted by Gasteiger charge is 2.39. The SMILES string of the molecule is Cc1c(Cl)cccc1S(=O)(=O)N1CCN(C(=O)O)CC1c1cccc(Br)c1. The molecule has 1 heterocycles. The Morgan fingerprint density at radius 1 is 1.22 bits per heavy atom. The second kappa shape index (κ2) is 7.79. The molecule has 6 nitrogen and oxygen atoms in total. The third-order valence-corrected chi connectivity index (χ3v) is 7.60. The van der Waals surface area contributed by atoms with Crippen LogP contribution in [0.15, 0.2) is 51.8 Å². The maximum atomic E-state index is 13.4. The molecule has 0 aliphatic carbocycles. The molecule has 0 radical (unpaired) electrons. The van der Waals surface area contributed by atoms with E-state index in [1.54, 1.807) is 31.2 Å². The van der Waals surface area contributed by atoms with Crippen LogP contribution in [-0.4, -0.2) is 48.5 Å². The largest absolute Gasteiger partial charge is 0.465 e. The Labute approximate surface area is 171 Å². The van der Waals surface area contributed by atoms with Crippen molar-refractivity contribution in [2.24, 2.45) is 0 Å². The zero-order valence-electron chi connectivity index (χ0n) is 14.5. The molecular formula is C18H18BrClN2O4S. The second-order valence-corrected chi connectivity index (χ2v) is 9.46. The van der Waals surface area contributed by atoms with Crippen molar-refractivity contribution < 1.29 is 18.3 Å². The fourth-order valence-corrected chi connectivity index (χ4v) is 5.70. The van der Waals surface area contributed by atoms with Crippen molar-refractivity contribution in [3.05, 3.63) is 63.1 Å². The zero-order chi connectivity index (χ0) is 19.8. The number of nitrogens with zero attached hydrogens (tertiary/aromatic N) is 2. The van der Waals surface area contributed by atoms with Crippen LogP contribution in [0.25, 0.3) is 0 Å². The number of benzene rings is 2. The molecule has 1 aliphatic rings. The van der Waals surface area contributed by atoms with Crippen LogP contribution < -0.4 is 0 Å². The van der Waals surface area contributed by atoms with Gasteiger partial charge in [0.1, 0.15) is 0 Å². The van der Waals surface area contributed by atoms with E-state index in [4.69, 9.17) is 11.6 Å². The second-order valence-electron chi connectivity index (χ2n) is 6.28. The van der Waals surface area contributed by atoms with E-state index in [1.165, 1.54) is 15.3 Å². The molecule has 3 rings (SSSR count). The van der Waals surface area contributed by atoms with Gasteiger partial charge in [-0.2, -0.15) is 4.31 Å². The molecule has 1 fully saturated rings. The van der Waals surface area contributed by atoms with Crippen LogP contribution >= 0.6 is 27.5 Å². The molecule has 9 heteroatoms. The van der Waals surface area contributed by atoms with E-state index in [9.17, 15) is 18.3 Å². The summed E-state index contributed by atoms with van der Waals surface area (Å²) in [5, 5.41) is 9.75. The van der Waals surface area contributed by atoms with Gasteiger partial charge in [-0.15, -0.1) is 0 Å². The van der Waals surface area contributed by atoms with Crippen molar-refractivity contribution >= 4 is 43.6 Å². The number of hydrogen-bond donors (Lipinski definition) is 1. The van der Waals surface area contributed by atoms with E-state index in [0.717, 1.165) is 10.0 Å².